The minimum absolute atomic E-state index is 0.364. The first-order chi connectivity index (χ1) is 9.56. The molecule has 1 aromatic carbocycles. The van der Waals surface area contributed by atoms with E-state index in [0.717, 1.165) is 5.56 Å². The molecule has 0 saturated heterocycles. The van der Waals surface area contributed by atoms with Crippen LogP contribution in [0.2, 0.25) is 5.02 Å². The Balaban J connectivity index is 2.28. The number of aliphatic hydroxyl groups excluding tert-OH is 1. The van der Waals surface area contributed by atoms with Crippen molar-refractivity contribution < 1.29 is 14.6 Å². The van der Waals surface area contributed by atoms with E-state index in [-0.39, 0.29) is 0 Å². The summed E-state index contributed by atoms with van der Waals surface area (Å²) < 4.78 is 12.1. The number of rotatable bonds is 5. The van der Waals surface area contributed by atoms with Gasteiger partial charge < -0.3 is 14.6 Å². The smallest absolute Gasteiger partial charge is 0.179 e. The van der Waals surface area contributed by atoms with Crippen molar-refractivity contribution in [2.75, 3.05) is 14.2 Å². The molecule has 2 aromatic rings. The maximum Gasteiger partial charge on any atom is 0.179 e. The number of aliphatic hydroxyl groups is 1. The van der Waals surface area contributed by atoms with Gasteiger partial charge >= 0.3 is 0 Å². The fraction of sp³-hybridized carbons (Fsp3) is 0.357. The molecule has 6 heteroatoms. The lowest BCUT2D eigenvalue weighted by Crippen LogP contribution is -2.04. The minimum Gasteiger partial charge on any atom is -0.493 e. The van der Waals surface area contributed by atoms with Gasteiger partial charge in [0.15, 0.2) is 11.5 Å². The SMILES string of the molecule is COc1ccc(C(O)Cc2cnn(C)c2)c(Cl)c1OC. The number of nitrogens with zero attached hydrogens (tertiary/aromatic N) is 2. The Morgan fingerprint density at radius 1 is 1.35 bits per heavy atom. The number of aryl methyl sites for hydroxylation is 1. The Morgan fingerprint density at radius 3 is 2.65 bits per heavy atom. The van der Waals surface area contributed by atoms with Crippen molar-refractivity contribution in [3.8, 4) is 11.5 Å². The van der Waals surface area contributed by atoms with Crippen LogP contribution in [0.4, 0.5) is 0 Å². The Morgan fingerprint density at radius 2 is 2.10 bits per heavy atom. The van der Waals surface area contributed by atoms with E-state index in [1.165, 1.54) is 7.11 Å². The monoisotopic (exact) mass is 296 g/mol. The van der Waals surface area contributed by atoms with Crippen LogP contribution in [0.5, 0.6) is 11.5 Å². The molecular formula is C14H17ClN2O3. The third-order valence-electron chi connectivity index (χ3n) is 3.06. The molecule has 0 aliphatic heterocycles. The zero-order valence-electron chi connectivity index (χ0n) is 11.6. The summed E-state index contributed by atoms with van der Waals surface area (Å²) in [5.74, 6) is 0.965. The molecular weight excluding hydrogens is 280 g/mol. The summed E-state index contributed by atoms with van der Waals surface area (Å²) in [7, 11) is 4.89. The topological polar surface area (TPSA) is 56.5 Å². The maximum absolute atomic E-state index is 10.3. The van der Waals surface area contributed by atoms with E-state index in [9.17, 15) is 5.11 Å². The molecule has 108 valence electrons. The lowest BCUT2D eigenvalue weighted by atomic mass is 10.0. The van der Waals surface area contributed by atoms with Crippen molar-refractivity contribution in [3.05, 3.63) is 40.7 Å². The van der Waals surface area contributed by atoms with Gasteiger partial charge in [0, 0.05) is 25.2 Å². The van der Waals surface area contributed by atoms with Crippen LogP contribution in [0.25, 0.3) is 0 Å². The summed E-state index contributed by atoms with van der Waals surface area (Å²) in [5.41, 5.74) is 1.54. The van der Waals surface area contributed by atoms with Gasteiger partial charge in [-0.05, 0) is 11.6 Å². The van der Waals surface area contributed by atoms with E-state index in [4.69, 9.17) is 21.1 Å². The third kappa shape index (κ3) is 2.89. The van der Waals surface area contributed by atoms with Gasteiger partial charge in [-0.15, -0.1) is 0 Å². The molecule has 1 atom stereocenters. The third-order valence-corrected chi connectivity index (χ3v) is 3.45. The molecule has 2 rings (SSSR count). The summed E-state index contributed by atoms with van der Waals surface area (Å²) in [5, 5.41) is 14.8. The second kappa shape index (κ2) is 6.15. The van der Waals surface area contributed by atoms with Crippen molar-refractivity contribution in [2.45, 2.75) is 12.5 Å². The zero-order chi connectivity index (χ0) is 14.7. The summed E-state index contributed by atoms with van der Waals surface area (Å²) >= 11 is 6.27. The average Bonchev–Trinajstić information content (AvgIpc) is 2.83. The largest absolute Gasteiger partial charge is 0.493 e. The molecule has 0 radical (unpaired) electrons. The van der Waals surface area contributed by atoms with Crippen LogP contribution in [0.3, 0.4) is 0 Å². The van der Waals surface area contributed by atoms with Gasteiger partial charge in [-0.3, -0.25) is 4.68 Å². The second-order valence-corrected chi connectivity index (χ2v) is 4.82. The maximum atomic E-state index is 10.3. The Kier molecular flexibility index (Phi) is 4.52. The van der Waals surface area contributed by atoms with Crippen LogP contribution in [0.1, 0.15) is 17.2 Å². The standard InChI is InChI=1S/C14H17ClN2O3/c1-17-8-9(7-16-17)6-11(18)10-4-5-12(19-2)14(20-3)13(10)15/h4-5,7-8,11,18H,6H2,1-3H3. The predicted molar refractivity (Wildman–Crippen MR) is 76.4 cm³/mol. The van der Waals surface area contributed by atoms with Crippen molar-refractivity contribution in [3.63, 3.8) is 0 Å². The molecule has 0 aliphatic rings. The summed E-state index contributed by atoms with van der Waals surface area (Å²) in [6.45, 7) is 0. The number of halogens is 1. The minimum atomic E-state index is -0.730. The highest BCUT2D eigenvalue weighted by molar-refractivity contribution is 6.33. The molecule has 0 bridgehead atoms. The first-order valence-corrected chi connectivity index (χ1v) is 6.50. The van der Waals surface area contributed by atoms with Crippen LogP contribution in [0, 0.1) is 0 Å². The number of benzene rings is 1. The Hall–Kier alpha value is -1.72. The predicted octanol–water partition coefficient (Wildman–Crippen LogP) is 2.37. The molecule has 1 aromatic heterocycles. The highest BCUT2D eigenvalue weighted by Gasteiger charge is 2.19. The molecule has 20 heavy (non-hydrogen) atoms. The van der Waals surface area contributed by atoms with Crippen LogP contribution >= 0.6 is 11.6 Å². The van der Waals surface area contributed by atoms with Crippen molar-refractivity contribution in [1.29, 1.82) is 0 Å². The van der Waals surface area contributed by atoms with Gasteiger partial charge in [-0.25, -0.2) is 0 Å². The number of hydrogen-bond donors (Lipinski definition) is 1. The number of methoxy groups -OCH3 is 2. The van der Waals surface area contributed by atoms with Crippen LogP contribution in [-0.4, -0.2) is 29.1 Å². The van der Waals surface area contributed by atoms with E-state index >= 15 is 0 Å². The van der Waals surface area contributed by atoms with E-state index in [2.05, 4.69) is 5.10 Å². The van der Waals surface area contributed by atoms with Crippen molar-refractivity contribution >= 4 is 11.6 Å². The lowest BCUT2D eigenvalue weighted by Gasteiger charge is -2.16. The van der Waals surface area contributed by atoms with E-state index in [1.54, 1.807) is 30.1 Å². The van der Waals surface area contributed by atoms with Crippen LogP contribution < -0.4 is 9.47 Å². The fourth-order valence-corrected chi connectivity index (χ4v) is 2.43. The van der Waals surface area contributed by atoms with Gasteiger partial charge in [0.25, 0.3) is 0 Å². The molecule has 1 unspecified atom stereocenters. The Labute approximate surface area is 122 Å². The normalized spacial score (nSPS) is 12.2. The van der Waals surface area contributed by atoms with Crippen molar-refractivity contribution in [2.24, 2.45) is 7.05 Å². The molecule has 0 saturated carbocycles. The molecule has 0 fully saturated rings. The second-order valence-electron chi connectivity index (χ2n) is 4.45. The number of aromatic nitrogens is 2. The first kappa shape index (κ1) is 14.7. The van der Waals surface area contributed by atoms with Gasteiger partial charge in [0.2, 0.25) is 0 Å². The summed E-state index contributed by atoms with van der Waals surface area (Å²) in [4.78, 5) is 0. The molecule has 5 nitrogen and oxygen atoms in total. The molecule has 1 heterocycles. The lowest BCUT2D eigenvalue weighted by molar-refractivity contribution is 0.178. The molecule has 0 aliphatic carbocycles. The summed E-state index contributed by atoms with van der Waals surface area (Å²) in [6.07, 6.45) is 3.28. The van der Waals surface area contributed by atoms with Crippen molar-refractivity contribution in [1.82, 2.24) is 9.78 Å². The van der Waals surface area contributed by atoms with Crippen LogP contribution in [-0.2, 0) is 13.5 Å². The highest BCUT2D eigenvalue weighted by Crippen LogP contribution is 2.40. The van der Waals surface area contributed by atoms with E-state index in [1.807, 2.05) is 13.2 Å². The molecule has 0 spiro atoms. The van der Waals surface area contributed by atoms with Gasteiger partial charge in [-0.2, -0.15) is 5.10 Å². The van der Waals surface area contributed by atoms with Gasteiger partial charge in [-0.1, -0.05) is 17.7 Å². The molecule has 0 amide bonds. The zero-order valence-corrected chi connectivity index (χ0v) is 12.4. The number of ether oxygens (including phenoxy) is 2. The Bertz CT molecular complexity index is 598. The number of hydrogen-bond acceptors (Lipinski definition) is 4. The van der Waals surface area contributed by atoms with Gasteiger partial charge in [0.1, 0.15) is 0 Å². The summed E-state index contributed by atoms with van der Waals surface area (Å²) in [6, 6.07) is 3.47. The fourth-order valence-electron chi connectivity index (χ4n) is 2.07. The van der Waals surface area contributed by atoms with Gasteiger partial charge in [0.05, 0.1) is 31.5 Å². The average molecular weight is 297 g/mol. The highest BCUT2D eigenvalue weighted by atomic mass is 35.5. The quantitative estimate of drug-likeness (QED) is 0.920. The first-order valence-electron chi connectivity index (χ1n) is 6.12. The van der Waals surface area contributed by atoms with Crippen LogP contribution in [0.15, 0.2) is 24.5 Å². The van der Waals surface area contributed by atoms with E-state index < -0.39 is 6.10 Å². The van der Waals surface area contributed by atoms with E-state index in [0.29, 0.717) is 28.5 Å². The molecule has 1 N–H and O–H groups in total.